The third-order valence-corrected chi connectivity index (χ3v) is 3.84. The first-order valence-corrected chi connectivity index (χ1v) is 7.73. The number of pyridine rings is 1. The van der Waals surface area contributed by atoms with Gasteiger partial charge in [-0.05, 0) is 31.2 Å². The van der Waals surface area contributed by atoms with Crippen molar-refractivity contribution >= 4 is 21.4 Å². The molecule has 2 aromatic rings. The molecule has 0 saturated heterocycles. The van der Waals surface area contributed by atoms with Gasteiger partial charge in [0.1, 0.15) is 16.7 Å². The molecule has 19 heavy (non-hydrogen) atoms. The van der Waals surface area contributed by atoms with Crippen LogP contribution in [0.1, 0.15) is 5.56 Å². The Bertz CT molecular complexity index is 696. The van der Waals surface area contributed by atoms with Gasteiger partial charge >= 0.3 is 0 Å². The molecule has 0 aliphatic carbocycles. The fourth-order valence-corrected chi connectivity index (χ4v) is 2.25. The summed E-state index contributed by atoms with van der Waals surface area (Å²) in [6.07, 6.45) is 2.78. The summed E-state index contributed by atoms with van der Waals surface area (Å²) in [4.78, 5) is 4.19. The van der Waals surface area contributed by atoms with Crippen LogP contribution < -0.4 is 4.74 Å². The summed E-state index contributed by atoms with van der Waals surface area (Å²) < 4.78 is 28.3. The van der Waals surface area contributed by atoms with Crippen molar-refractivity contribution in [1.29, 1.82) is 0 Å². The number of sulfone groups is 1. The molecule has 0 radical (unpaired) electrons. The van der Waals surface area contributed by atoms with Gasteiger partial charge in [0, 0.05) is 24.1 Å². The molecule has 0 fully saturated rings. The van der Waals surface area contributed by atoms with Crippen molar-refractivity contribution in [2.24, 2.45) is 0 Å². The molecule has 0 atom stereocenters. The number of halogens is 1. The molecule has 2 rings (SSSR count). The van der Waals surface area contributed by atoms with Gasteiger partial charge in [-0.2, -0.15) is 0 Å². The van der Waals surface area contributed by atoms with E-state index in [1.807, 2.05) is 6.92 Å². The average molecular weight is 298 g/mol. The molecule has 0 bridgehead atoms. The van der Waals surface area contributed by atoms with Crippen molar-refractivity contribution in [2.75, 3.05) is 6.26 Å². The largest absolute Gasteiger partial charge is 0.457 e. The van der Waals surface area contributed by atoms with E-state index in [4.69, 9.17) is 16.3 Å². The van der Waals surface area contributed by atoms with Crippen LogP contribution in [0.5, 0.6) is 11.5 Å². The van der Waals surface area contributed by atoms with Crippen LogP contribution in [-0.2, 0) is 9.84 Å². The molecule has 0 unspecified atom stereocenters. The summed E-state index contributed by atoms with van der Waals surface area (Å²) >= 11 is 5.80. The summed E-state index contributed by atoms with van der Waals surface area (Å²) in [5.74, 6) is 1.13. The van der Waals surface area contributed by atoms with Crippen LogP contribution in [0.15, 0.2) is 41.4 Å². The molecule has 0 aliphatic rings. The summed E-state index contributed by atoms with van der Waals surface area (Å²) in [7, 11) is -3.19. The monoisotopic (exact) mass is 297 g/mol. The minimum Gasteiger partial charge on any atom is -0.457 e. The maximum Gasteiger partial charge on any atom is 0.175 e. The Labute approximate surface area is 116 Å². The van der Waals surface area contributed by atoms with Gasteiger partial charge in [0.05, 0.1) is 4.90 Å². The molecule has 6 heteroatoms. The molecule has 0 N–H and O–H groups in total. The first kappa shape index (κ1) is 13.8. The van der Waals surface area contributed by atoms with E-state index in [-0.39, 0.29) is 4.90 Å². The van der Waals surface area contributed by atoms with Crippen LogP contribution in [0.3, 0.4) is 0 Å². The Morgan fingerprint density at radius 2 is 1.84 bits per heavy atom. The quantitative estimate of drug-likeness (QED) is 0.816. The Morgan fingerprint density at radius 1 is 1.21 bits per heavy atom. The summed E-state index contributed by atoms with van der Waals surface area (Å²) in [5, 5.41) is 0.341. The van der Waals surface area contributed by atoms with Gasteiger partial charge in [0.25, 0.3) is 0 Å². The third-order valence-electron chi connectivity index (χ3n) is 2.50. The fraction of sp³-hybridized carbons (Fsp3) is 0.154. The van der Waals surface area contributed by atoms with Crippen molar-refractivity contribution in [3.8, 4) is 11.5 Å². The van der Waals surface area contributed by atoms with E-state index in [9.17, 15) is 8.42 Å². The second kappa shape index (κ2) is 5.19. The Balaban J connectivity index is 2.27. The van der Waals surface area contributed by atoms with E-state index in [0.717, 1.165) is 11.8 Å². The molecular formula is C13H12ClNO3S. The van der Waals surface area contributed by atoms with Crippen LogP contribution in [0.2, 0.25) is 5.15 Å². The van der Waals surface area contributed by atoms with Crippen molar-refractivity contribution in [1.82, 2.24) is 4.98 Å². The van der Waals surface area contributed by atoms with Gasteiger partial charge in [-0.3, -0.25) is 0 Å². The highest BCUT2D eigenvalue weighted by molar-refractivity contribution is 7.90. The highest BCUT2D eigenvalue weighted by atomic mass is 35.5. The molecule has 0 spiro atoms. The summed E-state index contributed by atoms with van der Waals surface area (Å²) in [6.45, 7) is 1.85. The smallest absolute Gasteiger partial charge is 0.175 e. The zero-order chi connectivity index (χ0) is 14.0. The lowest BCUT2D eigenvalue weighted by atomic mass is 10.3. The van der Waals surface area contributed by atoms with Crippen molar-refractivity contribution < 1.29 is 13.2 Å². The highest BCUT2D eigenvalue weighted by Gasteiger charge is 2.08. The maximum atomic E-state index is 11.3. The predicted octanol–water partition coefficient (Wildman–Crippen LogP) is 3.24. The lowest BCUT2D eigenvalue weighted by molar-refractivity contribution is 0.477. The number of hydrogen-bond acceptors (Lipinski definition) is 4. The first-order valence-electron chi connectivity index (χ1n) is 5.46. The zero-order valence-electron chi connectivity index (χ0n) is 10.4. The van der Waals surface area contributed by atoms with Gasteiger partial charge in [0.2, 0.25) is 0 Å². The molecular weight excluding hydrogens is 286 g/mol. The van der Waals surface area contributed by atoms with Crippen molar-refractivity contribution in [3.05, 3.63) is 47.2 Å². The van der Waals surface area contributed by atoms with E-state index in [1.54, 1.807) is 24.4 Å². The van der Waals surface area contributed by atoms with E-state index in [0.29, 0.717) is 16.7 Å². The van der Waals surface area contributed by atoms with Gasteiger partial charge in [-0.25, -0.2) is 13.4 Å². The predicted molar refractivity (Wildman–Crippen MR) is 73.6 cm³/mol. The Morgan fingerprint density at radius 3 is 2.42 bits per heavy atom. The number of aromatic nitrogens is 1. The third kappa shape index (κ3) is 3.45. The van der Waals surface area contributed by atoms with Gasteiger partial charge in [-0.1, -0.05) is 11.6 Å². The Hall–Kier alpha value is -1.59. The number of ether oxygens (including phenoxy) is 1. The average Bonchev–Trinajstić information content (AvgIpc) is 2.33. The molecule has 0 aliphatic heterocycles. The van der Waals surface area contributed by atoms with Crippen LogP contribution in [0.4, 0.5) is 0 Å². The number of benzene rings is 1. The Kier molecular flexibility index (Phi) is 3.78. The van der Waals surface area contributed by atoms with E-state index >= 15 is 0 Å². The SMILES string of the molecule is Cc1cnc(Cl)cc1Oc1ccc(S(C)(=O)=O)cc1. The number of nitrogens with zero attached hydrogens (tertiary/aromatic N) is 1. The standard InChI is InChI=1S/C13H12ClNO3S/c1-9-8-15-13(14)7-12(9)18-10-3-5-11(6-4-10)19(2,16)17/h3-8H,1-2H3. The van der Waals surface area contributed by atoms with Crippen LogP contribution in [0.25, 0.3) is 0 Å². The zero-order valence-corrected chi connectivity index (χ0v) is 12.0. The molecule has 1 heterocycles. The van der Waals surface area contributed by atoms with Gasteiger partial charge < -0.3 is 4.74 Å². The fourth-order valence-electron chi connectivity index (χ4n) is 1.47. The van der Waals surface area contributed by atoms with Crippen LogP contribution >= 0.6 is 11.6 Å². The normalized spacial score (nSPS) is 11.3. The molecule has 1 aromatic carbocycles. The second-order valence-electron chi connectivity index (χ2n) is 4.12. The van der Waals surface area contributed by atoms with Crippen molar-refractivity contribution in [2.45, 2.75) is 11.8 Å². The van der Waals surface area contributed by atoms with Crippen molar-refractivity contribution in [3.63, 3.8) is 0 Å². The minimum atomic E-state index is -3.19. The van der Waals surface area contributed by atoms with E-state index < -0.39 is 9.84 Å². The van der Waals surface area contributed by atoms with Gasteiger partial charge in [-0.15, -0.1) is 0 Å². The molecule has 0 saturated carbocycles. The van der Waals surface area contributed by atoms with Crippen LogP contribution in [0, 0.1) is 6.92 Å². The summed E-state index contributed by atoms with van der Waals surface area (Å²) in [6, 6.07) is 7.82. The highest BCUT2D eigenvalue weighted by Crippen LogP contribution is 2.27. The minimum absolute atomic E-state index is 0.254. The van der Waals surface area contributed by atoms with E-state index in [1.165, 1.54) is 12.1 Å². The number of aryl methyl sites for hydroxylation is 1. The number of rotatable bonds is 3. The second-order valence-corrected chi connectivity index (χ2v) is 6.52. The molecule has 0 amide bonds. The van der Waals surface area contributed by atoms with E-state index in [2.05, 4.69) is 4.98 Å². The van der Waals surface area contributed by atoms with Crippen LogP contribution in [-0.4, -0.2) is 19.7 Å². The number of hydrogen-bond donors (Lipinski definition) is 0. The first-order chi connectivity index (χ1) is 8.86. The lowest BCUT2D eigenvalue weighted by Crippen LogP contribution is -1.96. The van der Waals surface area contributed by atoms with Gasteiger partial charge in [0.15, 0.2) is 9.84 Å². The molecule has 100 valence electrons. The molecule has 4 nitrogen and oxygen atoms in total. The lowest BCUT2D eigenvalue weighted by Gasteiger charge is -2.09. The summed E-state index contributed by atoms with van der Waals surface area (Å²) in [5.41, 5.74) is 0.844. The topological polar surface area (TPSA) is 56.3 Å². The maximum absolute atomic E-state index is 11.3. The molecule has 1 aromatic heterocycles.